The molecule has 1 heterocycles. The largest absolute Gasteiger partial charge is 0.493 e. The molecule has 0 fully saturated rings. The monoisotopic (exact) mass is 530 g/mol. The summed E-state index contributed by atoms with van der Waals surface area (Å²) in [6.45, 7) is 1.65. The third-order valence-electron chi connectivity index (χ3n) is 5.75. The van der Waals surface area contributed by atoms with Crippen LogP contribution in [0, 0.1) is 5.82 Å². The molecule has 0 bridgehead atoms. The molecule has 1 amide bonds. The van der Waals surface area contributed by atoms with Crippen molar-refractivity contribution in [3.8, 4) is 11.5 Å². The number of methoxy groups -OCH3 is 2. The fourth-order valence-electron chi connectivity index (χ4n) is 3.66. The molecule has 0 aliphatic carbocycles. The van der Waals surface area contributed by atoms with Crippen LogP contribution in [0.4, 0.5) is 15.8 Å². The number of anilines is 2. The summed E-state index contributed by atoms with van der Waals surface area (Å²) in [6.07, 6.45) is 1.61. The van der Waals surface area contributed by atoms with E-state index >= 15 is 4.39 Å². The Labute approximate surface area is 217 Å². The van der Waals surface area contributed by atoms with Crippen LogP contribution in [0.2, 0.25) is 0 Å². The van der Waals surface area contributed by atoms with Gasteiger partial charge in [-0.1, -0.05) is 6.07 Å². The van der Waals surface area contributed by atoms with E-state index in [1.54, 1.807) is 50.3 Å². The van der Waals surface area contributed by atoms with Gasteiger partial charge in [-0.3, -0.25) is 14.1 Å². The first kappa shape index (κ1) is 27.7. The first-order chi connectivity index (χ1) is 17.6. The van der Waals surface area contributed by atoms with E-state index in [4.69, 9.17) is 9.47 Å². The molecule has 198 valence electrons. The standard InChI is InChI=1S/C26H31FN4O5S/c1-6-30(17-19-9-7-8-14-28-19)26(32)18-31(23-15-20(29(2)3)10-12-22(23)27)37(33,34)21-11-13-24(35-4)25(16-21)36-5/h7-16H,6,17-18H2,1-5H3. The Kier molecular flexibility index (Phi) is 8.93. The molecule has 0 aliphatic heterocycles. The number of hydrogen-bond acceptors (Lipinski definition) is 7. The van der Waals surface area contributed by atoms with Crippen LogP contribution in [-0.2, 0) is 21.4 Å². The summed E-state index contributed by atoms with van der Waals surface area (Å²) in [5.41, 5.74) is 0.966. The SMILES string of the molecule is CCN(Cc1ccccn1)C(=O)CN(c1cc(N(C)C)ccc1F)S(=O)(=O)c1ccc(OC)c(OC)c1. The highest BCUT2D eigenvalue weighted by molar-refractivity contribution is 7.92. The molecule has 3 aromatic rings. The lowest BCUT2D eigenvalue weighted by molar-refractivity contribution is -0.130. The highest BCUT2D eigenvalue weighted by Crippen LogP contribution is 2.34. The van der Waals surface area contributed by atoms with Gasteiger partial charge in [-0.2, -0.15) is 0 Å². The Morgan fingerprint density at radius 2 is 1.73 bits per heavy atom. The van der Waals surface area contributed by atoms with Crippen molar-refractivity contribution in [3.63, 3.8) is 0 Å². The van der Waals surface area contributed by atoms with Gasteiger partial charge in [0.25, 0.3) is 10.0 Å². The second-order valence-corrected chi connectivity index (χ2v) is 10.1. The molecular weight excluding hydrogens is 499 g/mol. The van der Waals surface area contributed by atoms with Crippen molar-refractivity contribution in [3.05, 3.63) is 72.3 Å². The molecular formula is C26H31FN4O5S. The lowest BCUT2D eigenvalue weighted by Crippen LogP contribution is -2.43. The number of sulfonamides is 1. The van der Waals surface area contributed by atoms with E-state index in [9.17, 15) is 13.2 Å². The lowest BCUT2D eigenvalue weighted by Gasteiger charge is -2.29. The Morgan fingerprint density at radius 3 is 2.32 bits per heavy atom. The van der Waals surface area contributed by atoms with Crippen LogP contribution in [0.15, 0.2) is 65.7 Å². The number of likely N-dealkylation sites (N-methyl/N-ethyl adjacent to an activating group) is 1. The van der Waals surface area contributed by atoms with Crippen molar-refractivity contribution in [1.82, 2.24) is 9.88 Å². The maximum Gasteiger partial charge on any atom is 0.265 e. The van der Waals surface area contributed by atoms with Gasteiger partial charge in [-0.15, -0.1) is 0 Å². The van der Waals surface area contributed by atoms with Gasteiger partial charge in [0.15, 0.2) is 11.5 Å². The lowest BCUT2D eigenvalue weighted by atomic mass is 10.2. The first-order valence-corrected chi connectivity index (χ1v) is 13.0. The molecule has 9 nitrogen and oxygen atoms in total. The van der Waals surface area contributed by atoms with Crippen molar-refractivity contribution in [2.45, 2.75) is 18.4 Å². The van der Waals surface area contributed by atoms with Crippen LogP contribution in [0.25, 0.3) is 0 Å². The highest BCUT2D eigenvalue weighted by atomic mass is 32.2. The minimum Gasteiger partial charge on any atom is -0.493 e. The quantitative estimate of drug-likeness (QED) is 0.374. The Morgan fingerprint density at radius 1 is 1.00 bits per heavy atom. The van der Waals surface area contributed by atoms with Gasteiger partial charge in [0.05, 0.1) is 37.0 Å². The van der Waals surface area contributed by atoms with Crippen molar-refractivity contribution < 1.29 is 27.1 Å². The average molecular weight is 531 g/mol. The molecule has 0 aliphatic rings. The van der Waals surface area contributed by atoms with E-state index in [-0.39, 0.29) is 22.9 Å². The smallest absolute Gasteiger partial charge is 0.265 e. The minimum atomic E-state index is -4.41. The number of carbonyl (C=O) groups excluding carboxylic acids is 1. The summed E-state index contributed by atoms with van der Waals surface area (Å²) in [4.78, 5) is 20.7. The van der Waals surface area contributed by atoms with Crippen LogP contribution < -0.4 is 18.7 Å². The number of hydrogen-bond donors (Lipinski definition) is 0. The molecule has 0 saturated heterocycles. The molecule has 0 atom stereocenters. The summed E-state index contributed by atoms with van der Waals surface area (Å²) >= 11 is 0. The van der Waals surface area contributed by atoms with E-state index in [1.165, 1.54) is 55.5 Å². The maximum absolute atomic E-state index is 15.2. The van der Waals surface area contributed by atoms with Gasteiger partial charge in [-0.05, 0) is 49.4 Å². The molecule has 0 N–H and O–H groups in total. The Bertz CT molecular complexity index is 1340. The average Bonchev–Trinajstić information content (AvgIpc) is 2.90. The van der Waals surface area contributed by atoms with E-state index in [0.717, 1.165) is 4.31 Å². The number of ether oxygens (including phenoxy) is 2. The number of aromatic nitrogens is 1. The first-order valence-electron chi connectivity index (χ1n) is 11.5. The molecule has 0 saturated carbocycles. The molecule has 3 rings (SSSR count). The van der Waals surface area contributed by atoms with Crippen molar-refractivity contribution >= 4 is 27.3 Å². The highest BCUT2D eigenvalue weighted by Gasteiger charge is 2.32. The summed E-state index contributed by atoms with van der Waals surface area (Å²) < 4.78 is 54.2. The molecule has 0 spiro atoms. The van der Waals surface area contributed by atoms with Crippen LogP contribution in [0.5, 0.6) is 11.5 Å². The second-order valence-electron chi connectivity index (χ2n) is 8.29. The summed E-state index contributed by atoms with van der Waals surface area (Å²) in [7, 11) is 1.90. The van der Waals surface area contributed by atoms with Crippen LogP contribution in [0.3, 0.4) is 0 Å². The van der Waals surface area contributed by atoms with Crippen molar-refractivity contribution in [2.24, 2.45) is 0 Å². The maximum atomic E-state index is 15.2. The van der Waals surface area contributed by atoms with Crippen LogP contribution in [-0.4, -0.2) is 65.6 Å². The van der Waals surface area contributed by atoms with Gasteiger partial charge in [0.2, 0.25) is 5.91 Å². The number of carbonyl (C=O) groups is 1. The molecule has 2 aromatic carbocycles. The fraction of sp³-hybridized carbons (Fsp3) is 0.308. The van der Waals surface area contributed by atoms with E-state index in [1.807, 2.05) is 0 Å². The van der Waals surface area contributed by atoms with E-state index < -0.39 is 28.3 Å². The fourth-order valence-corrected chi connectivity index (χ4v) is 5.09. The number of amides is 1. The van der Waals surface area contributed by atoms with Gasteiger partial charge < -0.3 is 19.3 Å². The number of nitrogens with zero attached hydrogens (tertiary/aromatic N) is 4. The molecule has 0 unspecified atom stereocenters. The van der Waals surface area contributed by atoms with Gasteiger partial charge in [0.1, 0.15) is 12.4 Å². The number of benzene rings is 2. The zero-order chi connectivity index (χ0) is 27.2. The Balaban J connectivity index is 2.09. The molecule has 11 heteroatoms. The predicted molar refractivity (Wildman–Crippen MR) is 140 cm³/mol. The van der Waals surface area contributed by atoms with Gasteiger partial charge in [-0.25, -0.2) is 12.8 Å². The van der Waals surface area contributed by atoms with Crippen molar-refractivity contribution in [1.29, 1.82) is 0 Å². The van der Waals surface area contributed by atoms with Crippen molar-refractivity contribution in [2.75, 3.05) is 50.6 Å². The van der Waals surface area contributed by atoms with Crippen LogP contribution in [0.1, 0.15) is 12.6 Å². The molecule has 37 heavy (non-hydrogen) atoms. The third-order valence-corrected chi connectivity index (χ3v) is 7.51. The zero-order valence-electron chi connectivity index (χ0n) is 21.5. The topological polar surface area (TPSA) is 92.3 Å². The number of rotatable bonds is 11. The summed E-state index contributed by atoms with van der Waals surface area (Å²) in [5.74, 6) is -0.776. The molecule has 1 aromatic heterocycles. The second kappa shape index (κ2) is 11.9. The van der Waals surface area contributed by atoms with Gasteiger partial charge in [0, 0.05) is 38.6 Å². The number of pyridine rings is 1. The predicted octanol–water partition coefficient (Wildman–Crippen LogP) is 3.55. The Hall–Kier alpha value is -3.86. The number of halogens is 1. The minimum absolute atomic E-state index is 0.180. The normalized spacial score (nSPS) is 11.1. The summed E-state index contributed by atoms with van der Waals surface area (Å²) in [5, 5.41) is 0. The zero-order valence-corrected chi connectivity index (χ0v) is 22.3. The summed E-state index contributed by atoms with van der Waals surface area (Å²) in [6, 6.07) is 13.5. The molecule has 0 radical (unpaired) electrons. The van der Waals surface area contributed by atoms with Crippen LogP contribution >= 0.6 is 0 Å². The van der Waals surface area contributed by atoms with E-state index in [2.05, 4.69) is 4.98 Å². The van der Waals surface area contributed by atoms with Gasteiger partial charge >= 0.3 is 0 Å². The third kappa shape index (κ3) is 6.29. The van der Waals surface area contributed by atoms with E-state index in [0.29, 0.717) is 23.7 Å².